The minimum absolute atomic E-state index is 0.0128. The lowest BCUT2D eigenvalue weighted by molar-refractivity contribution is -0.135. The molecule has 0 spiro atoms. The van der Waals surface area contributed by atoms with Crippen LogP contribution in [-0.2, 0) is 9.59 Å². The van der Waals surface area contributed by atoms with Gasteiger partial charge >= 0.3 is 0 Å². The molecule has 1 fully saturated rings. The summed E-state index contributed by atoms with van der Waals surface area (Å²) in [5.41, 5.74) is 2.89. The number of amides is 2. The summed E-state index contributed by atoms with van der Waals surface area (Å²) in [6.45, 7) is 5.35. The molecule has 1 N–H and O–H groups in total. The van der Waals surface area contributed by atoms with E-state index in [1.807, 2.05) is 67.3 Å². The number of nitrogens with zero attached hydrogens (tertiary/aromatic N) is 1. The van der Waals surface area contributed by atoms with Gasteiger partial charge in [0.15, 0.2) is 0 Å². The second-order valence-electron chi connectivity index (χ2n) is 8.08. The molecule has 0 unspecified atom stereocenters. The number of ether oxygens (including phenoxy) is 1. The van der Waals surface area contributed by atoms with E-state index in [0.29, 0.717) is 18.9 Å². The minimum Gasteiger partial charge on any atom is -0.497 e. The molecular weight excluding hydrogens is 364 g/mol. The molecule has 2 aromatic carbocycles. The van der Waals surface area contributed by atoms with Gasteiger partial charge in [-0.05, 0) is 54.2 Å². The van der Waals surface area contributed by atoms with Crippen molar-refractivity contribution in [3.63, 3.8) is 0 Å². The average molecular weight is 395 g/mol. The summed E-state index contributed by atoms with van der Waals surface area (Å²) >= 11 is 0. The maximum absolute atomic E-state index is 12.7. The first kappa shape index (κ1) is 20.9. The molecule has 0 aliphatic carbocycles. The van der Waals surface area contributed by atoms with Crippen molar-refractivity contribution in [2.24, 2.45) is 11.8 Å². The molecule has 1 heterocycles. The van der Waals surface area contributed by atoms with Crippen molar-refractivity contribution in [2.75, 3.05) is 25.5 Å². The Morgan fingerprint density at radius 2 is 1.90 bits per heavy atom. The van der Waals surface area contributed by atoms with Crippen LogP contribution in [0.25, 0.3) is 11.1 Å². The number of rotatable bonds is 6. The van der Waals surface area contributed by atoms with E-state index in [-0.39, 0.29) is 17.7 Å². The summed E-state index contributed by atoms with van der Waals surface area (Å²) in [4.78, 5) is 26.9. The third kappa shape index (κ3) is 5.59. The first-order chi connectivity index (χ1) is 14.0. The number of carbonyl (C=O) groups excluding carboxylic acids is 2. The highest BCUT2D eigenvalue weighted by molar-refractivity contribution is 5.93. The lowest BCUT2D eigenvalue weighted by atomic mass is 9.96. The molecule has 2 aromatic rings. The summed E-state index contributed by atoms with van der Waals surface area (Å²) in [5.74, 6) is 1.13. The van der Waals surface area contributed by atoms with Crippen LogP contribution in [0.3, 0.4) is 0 Å². The number of benzene rings is 2. The van der Waals surface area contributed by atoms with Gasteiger partial charge in [0, 0.05) is 25.2 Å². The van der Waals surface area contributed by atoms with Gasteiger partial charge in [-0.15, -0.1) is 0 Å². The predicted molar refractivity (Wildman–Crippen MR) is 116 cm³/mol. The van der Waals surface area contributed by atoms with Crippen molar-refractivity contribution in [3.8, 4) is 16.9 Å². The molecular formula is C24H30N2O3. The van der Waals surface area contributed by atoms with Crippen LogP contribution in [0.5, 0.6) is 5.75 Å². The Morgan fingerprint density at radius 3 is 2.59 bits per heavy atom. The molecule has 29 heavy (non-hydrogen) atoms. The molecule has 1 saturated heterocycles. The van der Waals surface area contributed by atoms with Crippen LogP contribution in [0.15, 0.2) is 48.5 Å². The van der Waals surface area contributed by atoms with Gasteiger partial charge in [0.05, 0.1) is 13.0 Å². The van der Waals surface area contributed by atoms with Gasteiger partial charge in [-0.25, -0.2) is 0 Å². The molecule has 1 aliphatic heterocycles. The number of piperidine rings is 1. The minimum atomic E-state index is -0.155. The van der Waals surface area contributed by atoms with E-state index in [9.17, 15) is 9.59 Å². The summed E-state index contributed by atoms with van der Waals surface area (Å²) in [5, 5.41) is 3.01. The lowest BCUT2D eigenvalue weighted by Crippen LogP contribution is -2.44. The summed E-state index contributed by atoms with van der Waals surface area (Å²) < 4.78 is 5.28. The third-order valence-electron chi connectivity index (χ3n) is 5.28. The monoisotopic (exact) mass is 394 g/mol. The van der Waals surface area contributed by atoms with Gasteiger partial charge in [0.2, 0.25) is 11.8 Å². The molecule has 5 nitrogen and oxygen atoms in total. The molecule has 3 rings (SSSR count). The summed E-state index contributed by atoms with van der Waals surface area (Å²) in [7, 11) is 1.65. The molecule has 0 bridgehead atoms. The second kappa shape index (κ2) is 9.59. The standard InChI is InChI=1S/C24H30N2O3/c1-17(2)14-23(27)26-13-5-7-20(16-26)24(28)25-21-11-9-18(10-12-21)19-6-4-8-22(15-19)29-3/h4,6,8-12,15,17,20H,5,7,13-14,16H2,1-3H3,(H,25,28)/t20-/m1/s1. The average Bonchev–Trinajstić information content (AvgIpc) is 2.74. The highest BCUT2D eigenvalue weighted by Gasteiger charge is 2.28. The largest absolute Gasteiger partial charge is 0.497 e. The predicted octanol–water partition coefficient (Wildman–Crippen LogP) is 4.59. The van der Waals surface area contributed by atoms with Crippen molar-refractivity contribution < 1.29 is 14.3 Å². The fourth-order valence-electron chi connectivity index (χ4n) is 3.69. The Labute approximate surface area is 173 Å². The lowest BCUT2D eigenvalue weighted by Gasteiger charge is -2.32. The Bertz CT molecular complexity index is 845. The van der Waals surface area contributed by atoms with E-state index in [2.05, 4.69) is 5.32 Å². The highest BCUT2D eigenvalue weighted by Crippen LogP contribution is 2.26. The molecule has 5 heteroatoms. The topological polar surface area (TPSA) is 58.6 Å². The maximum atomic E-state index is 12.7. The number of anilines is 1. The first-order valence-electron chi connectivity index (χ1n) is 10.3. The van der Waals surface area contributed by atoms with Gasteiger partial charge in [-0.1, -0.05) is 38.1 Å². The van der Waals surface area contributed by atoms with Crippen molar-refractivity contribution in [1.29, 1.82) is 0 Å². The zero-order valence-electron chi connectivity index (χ0n) is 17.5. The zero-order valence-corrected chi connectivity index (χ0v) is 17.5. The van der Waals surface area contributed by atoms with Gasteiger partial charge in [-0.2, -0.15) is 0 Å². The van der Waals surface area contributed by atoms with Crippen molar-refractivity contribution in [1.82, 2.24) is 4.90 Å². The van der Waals surface area contributed by atoms with Crippen molar-refractivity contribution in [3.05, 3.63) is 48.5 Å². The van der Waals surface area contributed by atoms with Crippen molar-refractivity contribution >= 4 is 17.5 Å². The van der Waals surface area contributed by atoms with E-state index in [4.69, 9.17) is 4.74 Å². The molecule has 0 radical (unpaired) electrons. The van der Waals surface area contributed by atoms with E-state index >= 15 is 0 Å². The smallest absolute Gasteiger partial charge is 0.229 e. The number of hydrogen-bond acceptors (Lipinski definition) is 3. The van der Waals surface area contributed by atoms with Crippen molar-refractivity contribution in [2.45, 2.75) is 33.1 Å². The normalized spacial score (nSPS) is 16.6. The van der Waals surface area contributed by atoms with Crippen LogP contribution < -0.4 is 10.1 Å². The SMILES string of the molecule is COc1cccc(-c2ccc(NC(=O)[C@@H]3CCCN(C(=O)CC(C)C)C3)cc2)c1. The Kier molecular flexibility index (Phi) is 6.91. The Morgan fingerprint density at radius 1 is 1.14 bits per heavy atom. The maximum Gasteiger partial charge on any atom is 0.229 e. The molecule has 1 aliphatic rings. The van der Waals surface area contributed by atoms with Gasteiger partial charge < -0.3 is 15.0 Å². The number of likely N-dealkylation sites (tertiary alicyclic amines) is 1. The second-order valence-corrected chi connectivity index (χ2v) is 8.08. The number of hydrogen-bond donors (Lipinski definition) is 1. The molecule has 154 valence electrons. The Balaban J connectivity index is 1.61. The summed E-state index contributed by atoms with van der Waals surface area (Å²) in [6.07, 6.45) is 2.23. The molecule has 2 amide bonds. The van der Waals surface area contributed by atoms with E-state index in [1.54, 1.807) is 7.11 Å². The first-order valence-corrected chi connectivity index (χ1v) is 10.3. The fraction of sp³-hybridized carbons (Fsp3) is 0.417. The van der Waals surface area contributed by atoms with E-state index < -0.39 is 0 Å². The highest BCUT2D eigenvalue weighted by atomic mass is 16.5. The molecule has 0 saturated carbocycles. The van der Waals surface area contributed by atoms with Crippen LogP contribution in [0.4, 0.5) is 5.69 Å². The van der Waals surface area contributed by atoms with E-state index in [0.717, 1.165) is 42.0 Å². The zero-order chi connectivity index (χ0) is 20.8. The third-order valence-corrected chi connectivity index (χ3v) is 5.28. The van der Waals surface area contributed by atoms with Crippen LogP contribution in [0.2, 0.25) is 0 Å². The van der Waals surface area contributed by atoms with Gasteiger partial charge in [-0.3, -0.25) is 9.59 Å². The van der Waals surface area contributed by atoms with Crippen LogP contribution in [0, 0.1) is 11.8 Å². The quantitative estimate of drug-likeness (QED) is 0.780. The van der Waals surface area contributed by atoms with Gasteiger partial charge in [0.25, 0.3) is 0 Å². The number of nitrogens with one attached hydrogen (secondary N) is 1. The van der Waals surface area contributed by atoms with Gasteiger partial charge in [0.1, 0.15) is 5.75 Å². The number of carbonyl (C=O) groups is 2. The fourth-order valence-corrected chi connectivity index (χ4v) is 3.69. The summed E-state index contributed by atoms with van der Waals surface area (Å²) in [6, 6.07) is 15.7. The molecule has 1 atom stereocenters. The molecule has 0 aromatic heterocycles. The van der Waals surface area contributed by atoms with Crippen LogP contribution in [0.1, 0.15) is 33.1 Å². The van der Waals surface area contributed by atoms with Crippen LogP contribution in [-0.4, -0.2) is 36.9 Å². The Hall–Kier alpha value is -2.82. The van der Waals surface area contributed by atoms with E-state index in [1.165, 1.54) is 0 Å². The van der Waals surface area contributed by atoms with Crippen LogP contribution >= 0.6 is 0 Å². The number of methoxy groups -OCH3 is 1.